The Morgan fingerprint density at radius 2 is 0.434 bits per heavy atom. The van der Waals surface area contributed by atoms with Gasteiger partial charge in [-0.05, 0) is 191 Å². The van der Waals surface area contributed by atoms with Crippen molar-refractivity contribution in [2.24, 2.45) is 0 Å². The van der Waals surface area contributed by atoms with E-state index in [1.807, 2.05) is 0 Å². The molecule has 0 nitrogen and oxygen atoms in total. The van der Waals surface area contributed by atoms with Gasteiger partial charge in [0.05, 0.1) is 0 Å². The van der Waals surface area contributed by atoms with E-state index in [-0.39, 0.29) is 10.8 Å². The number of hydrogen-bond acceptors (Lipinski definition) is 0. The van der Waals surface area contributed by atoms with Crippen molar-refractivity contribution in [2.45, 2.75) is 38.5 Å². The maximum atomic E-state index is 2.53. The first-order valence-corrected chi connectivity index (χ1v) is 26.9. The molecule has 0 spiro atoms. The van der Waals surface area contributed by atoms with Crippen molar-refractivity contribution in [3.05, 3.63) is 277 Å². The molecule has 0 heterocycles. The average Bonchev–Trinajstić information content (AvgIpc) is 3.92. The molecule has 358 valence electrons. The van der Waals surface area contributed by atoms with Crippen LogP contribution in [0.2, 0.25) is 0 Å². The largest absolute Gasteiger partial charge is 0.0622 e. The molecule has 0 bridgehead atoms. The summed E-state index contributed by atoms with van der Waals surface area (Å²) in [5.74, 6) is 0. The fourth-order valence-electron chi connectivity index (χ4n) is 13.7. The second kappa shape index (κ2) is 16.7. The van der Waals surface area contributed by atoms with Gasteiger partial charge in [-0.2, -0.15) is 0 Å². The quantitative estimate of drug-likeness (QED) is 0.146. The normalized spacial score (nSPS) is 13.7. The van der Waals surface area contributed by atoms with Crippen LogP contribution in [0, 0.1) is 0 Å². The van der Waals surface area contributed by atoms with Crippen molar-refractivity contribution in [1.29, 1.82) is 0 Å². The Kier molecular flexibility index (Phi) is 9.76. The Balaban J connectivity index is 0.817. The van der Waals surface area contributed by atoms with E-state index in [9.17, 15) is 0 Å². The highest BCUT2D eigenvalue weighted by Gasteiger charge is 2.38. The third kappa shape index (κ3) is 6.57. The molecule has 2 aliphatic rings. The number of benzene rings is 13. The van der Waals surface area contributed by atoms with Crippen LogP contribution in [0.3, 0.4) is 0 Å². The predicted molar refractivity (Wildman–Crippen MR) is 324 cm³/mol. The van der Waals surface area contributed by atoms with E-state index in [1.54, 1.807) is 0 Å². The number of fused-ring (bicyclic) bond motifs is 10. The zero-order valence-electron chi connectivity index (χ0n) is 43.2. The van der Waals surface area contributed by atoms with Gasteiger partial charge in [0.25, 0.3) is 0 Å². The summed E-state index contributed by atoms with van der Waals surface area (Å²) in [6, 6.07) is 95.7. The summed E-state index contributed by atoms with van der Waals surface area (Å²) in [5.41, 5.74) is 25.5. The molecule has 76 heavy (non-hydrogen) atoms. The summed E-state index contributed by atoms with van der Waals surface area (Å²) in [6.45, 7) is 9.67. The van der Waals surface area contributed by atoms with Crippen molar-refractivity contribution >= 4 is 43.1 Å². The van der Waals surface area contributed by atoms with Gasteiger partial charge in [-0.15, -0.1) is 0 Å². The molecule has 0 atom stereocenters. The molecule has 13 aromatic rings. The molecule has 0 radical (unpaired) electrons. The zero-order chi connectivity index (χ0) is 50.9. The highest BCUT2D eigenvalue weighted by molar-refractivity contribution is 6.24. The first kappa shape index (κ1) is 44.4. The fourth-order valence-corrected chi connectivity index (χ4v) is 13.7. The Morgan fingerprint density at radius 1 is 0.184 bits per heavy atom. The average molecular weight is 967 g/mol. The Hall–Kier alpha value is -9.10. The number of rotatable bonds is 6. The van der Waals surface area contributed by atoms with Gasteiger partial charge in [-0.1, -0.05) is 246 Å². The van der Waals surface area contributed by atoms with E-state index < -0.39 is 0 Å². The second-order valence-electron chi connectivity index (χ2n) is 22.3. The Labute approximate surface area is 445 Å². The number of hydrogen-bond donors (Lipinski definition) is 0. The van der Waals surface area contributed by atoms with Crippen LogP contribution >= 0.6 is 0 Å². The molecule has 2 aliphatic carbocycles. The molecular weight excluding hydrogens is 913 g/mol. The van der Waals surface area contributed by atoms with Crippen LogP contribution in [0.15, 0.2) is 255 Å². The SMILES string of the molecule is CC1(C)c2cc(-c3ccc(-c4ccc5c(c4)C(C)(C)c4cc6c(-c7ccccc7)c7ccccc7c(-c7ccccc7)c6cc4-5)cc3)ccc2-c2cc3c(-c4ccccc4)c4ccccc4c(-c4ccccc4)c3cc21. The predicted octanol–water partition coefficient (Wildman–Crippen LogP) is 20.9. The molecule has 0 aromatic heterocycles. The molecular formula is C76H54. The molecule has 0 saturated carbocycles. The third-order valence-electron chi connectivity index (χ3n) is 17.4. The molecule has 0 fully saturated rings. The minimum absolute atomic E-state index is 0.207. The van der Waals surface area contributed by atoms with Crippen LogP contribution in [0.5, 0.6) is 0 Å². The van der Waals surface area contributed by atoms with E-state index in [0.717, 1.165) is 0 Å². The second-order valence-corrected chi connectivity index (χ2v) is 22.3. The molecule has 0 aliphatic heterocycles. The van der Waals surface area contributed by atoms with Crippen LogP contribution in [0.4, 0.5) is 0 Å². The van der Waals surface area contributed by atoms with Crippen LogP contribution in [-0.2, 0) is 10.8 Å². The molecule has 0 unspecified atom stereocenters. The smallest absolute Gasteiger partial charge is 0.0159 e. The fraction of sp³-hybridized carbons (Fsp3) is 0.0789. The van der Waals surface area contributed by atoms with Gasteiger partial charge in [0.15, 0.2) is 0 Å². The topological polar surface area (TPSA) is 0 Å². The summed E-state index contributed by atoms with van der Waals surface area (Å²) in [5, 5.41) is 10.3. The third-order valence-corrected chi connectivity index (χ3v) is 17.4. The maximum absolute atomic E-state index is 2.53. The first-order valence-electron chi connectivity index (χ1n) is 26.9. The highest BCUT2D eigenvalue weighted by atomic mass is 14.4. The molecule has 0 N–H and O–H groups in total. The lowest BCUT2D eigenvalue weighted by molar-refractivity contribution is 0.661. The van der Waals surface area contributed by atoms with Gasteiger partial charge >= 0.3 is 0 Å². The van der Waals surface area contributed by atoms with Gasteiger partial charge in [0.1, 0.15) is 0 Å². The minimum Gasteiger partial charge on any atom is -0.0622 e. The van der Waals surface area contributed by atoms with Gasteiger partial charge in [0, 0.05) is 10.8 Å². The lowest BCUT2D eigenvalue weighted by Crippen LogP contribution is -2.15. The van der Waals surface area contributed by atoms with Gasteiger partial charge in [-0.3, -0.25) is 0 Å². The Bertz CT molecular complexity index is 4210. The van der Waals surface area contributed by atoms with Crippen molar-refractivity contribution in [3.8, 4) is 89.0 Å². The summed E-state index contributed by atoms with van der Waals surface area (Å²) in [4.78, 5) is 0. The van der Waals surface area contributed by atoms with E-state index >= 15 is 0 Å². The summed E-state index contributed by atoms with van der Waals surface area (Å²) in [7, 11) is 0. The van der Waals surface area contributed by atoms with Gasteiger partial charge in [-0.25, -0.2) is 0 Å². The van der Waals surface area contributed by atoms with Crippen LogP contribution < -0.4 is 0 Å². The highest BCUT2D eigenvalue weighted by Crippen LogP contribution is 2.56. The minimum atomic E-state index is -0.207. The van der Waals surface area contributed by atoms with Crippen LogP contribution in [0.25, 0.3) is 132 Å². The van der Waals surface area contributed by atoms with Crippen molar-refractivity contribution < 1.29 is 0 Å². The van der Waals surface area contributed by atoms with Gasteiger partial charge < -0.3 is 0 Å². The summed E-state index contributed by atoms with van der Waals surface area (Å²) in [6.07, 6.45) is 0. The zero-order valence-corrected chi connectivity index (χ0v) is 43.2. The monoisotopic (exact) mass is 966 g/mol. The van der Waals surface area contributed by atoms with E-state index in [2.05, 4.69) is 282 Å². The Morgan fingerprint density at radius 3 is 0.737 bits per heavy atom. The molecule has 13 aromatic carbocycles. The van der Waals surface area contributed by atoms with Crippen LogP contribution in [-0.4, -0.2) is 0 Å². The molecule has 0 heteroatoms. The standard InChI is InChI=1S/C76H54/c1-75(2)67-41-53(37-39-55(67)61-43-63-65(45-69(61)75)73(51-25-13-7-14-26-51)59-31-19-17-29-57(59)71(63)49-21-9-5-10-22-49)47-33-35-48(36-34-47)54-38-40-56-62-44-64-66(46-70(62)76(3,4)68(56)42-54)74(52-27-15-8-16-28-52)60-32-20-18-30-58(60)72(64)50-23-11-6-12-24-50/h5-46H,1-4H3. The van der Waals surface area contributed by atoms with Crippen molar-refractivity contribution in [3.63, 3.8) is 0 Å². The summed E-state index contributed by atoms with van der Waals surface area (Å²) >= 11 is 0. The lowest BCUT2D eigenvalue weighted by Gasteiger charge is -2.24. The molecule has 0 saturated heterocycles. The lowest BCUT2D eigenvalue weighted by atomic mass is 9.79. The van der Waals surface area contributed by atoms with E-state index in [0.29, 0.717) is 0 Å². The van der Waals surface area contributed by atoms with Crippen LogP contribution in [0.1, 0.15) is 49.9 Å². The summed E-state index contributed by atoms with van der Waals surface area (Å²) < 4.78 is 0. The molecule has 0 amide bonds. The van der Waals surface area contributed by atoms with E-state index in [4.69, 9.17) is 0 Å². The van der Waals surface area contributed by atoms with Gasteiger partial charge in [0.2, 0.25) is 0 Å². The maximum Gasteiger partial charge on any atom is 0.0159 e. The molecule has 15 rings (SSSR count). The van der Waals surface area contributed by atoms with Crippen molar-refractivity contribution in [1.82, 2.24) is 0 Å². The van der Waals surface area contributed by atoms with E-state index in [1.165, 1.54) is 154 Å². The first-order chi connectivity index (χ1) is 37.2. The van der Waals surface area contributed by atoms with Crippen molar-refractivity contribution in [2.75, 3.05) is 0 Å².